The topological polar surface area (TPSA) is 63.2 Å². The summed E-state index contributed by atoms with van der Waals surface area (Å²) in [5, 5.41) is 11.8. The van der Waals surface area contributed by atoms with E-state index in [0.29, 0.717) is 24.8 Å². The number of rotatable bonds is 9. The number of amides is 1. The van der Waals surface area contributed by atoms with Gasteiger partial charge in [-0.15, -0.1) is 0 Å². The molecule has 1 amide bonds. The average Bonchev–Trinajstić information content (AvgIpc) is 3.62. The first kappa shape index (κ1) is 23.7. The normalized spacial score (nSPS) is 16.4. The number of aromatic nitrogens is 1. The van der Waals surface area contributed by atoms with Crippen LogP contribution in [0.3, 0.4) is 0 Å². The van der Waals surface area contributed by atoms with Gasteiger partial charge in [0, 0.05) is 27.9 Å². The predicted molar refractivity (Wildman–Crippen MR) is 143 cm³/mol. The Balaban J connectivity index is 1.56. The zero-order chi connectivity index (χ0) is 24.0. The lowest BCUT2D eigenvalue weighted by Crippen LogP contribution is -2.30. The van der Waals surface area contributed by atoms with Gasteiger partial charge in [-0.05, 0) is 48.9 Å². The maximum atomic E-state index is 14.0. The molecule has 1 aliphatic rings. The molecule has 0 radical (unpaired) electrons. The third kappa shape index (κ3) is 5.30. The summed E-state index contributed by atoms with van der Waals surface area (Å²) in [5.41, 5.74) is 5.26. The van der Waals surface area contributed by atoms with Crippen LogP contribution in [0, 0.1) is 0 Å². The molecule has 180 valence electrons. The third-order valence-corrected chi connectivity index (χ3v) is 7.34. The van der Waals surface area contributed by atoms with Crippen LogP contribution in [0.4, 0.5) is 0 Å². The van der Waals surface area contributed by atoms with Crippen molar-refractivity contribution in [2.24, 2.45) is 0 Å². The number of nitrogens with zero attached hydrogens (tertiary/aromatic N) is 1. The number of fused-ring (bicyclic) bond motifs is 1. The SMILES string of the molecule is CC[C@H](NC(=O)c1c(COC[C@@H]2CCCN2)c(-c2ccsc2)nc2ccccc12)c1ccccc1. The molecular formula is C29H31N3O2S. The first-order chi connectivity index (χ1) is 17.2. The van der Waals surface area contributed by atoms with Crippen LogP contribution in [0.1, 0.15) is 53.7 Å². The molecule has 6 heteroatoms. The van der Waals surface area contributed by atoms with Crippen LogP contribution in [-0.4, -0.2) is 30.1 Å². The molecule has 1 saturated heterocycles. The van der Waals surface area contributed by atoms with Crippen molar-refractivity contribution in [1.82, 2.24) is 15.6 Å². The Morgan fingerprint density at radius 1 is 1.17 bits per heavy atom. The summed E-state index contributed by atoms with van der Waals surface area (Å²) in [6.07, 6.45) is 3.10. The van der Waals surface area contributed by atoms with Crippen molar-refractivity contribution in [3.05, 3.63) is 88.1 Å². The molecule has 2 aromatic carbocycles. The van der Waals surface area contributed by atoms with Gasteiger partial charge in [0.2, 0.25) is 0 Å². The zero-order valence-corrected chi connectivity index (χ0v) is 20.8. The van der Waals surface area contributed by atoms with E-state index in [4.69, 9.17) is 9.72 Å². The van der Waals surface area contributed by atoms with Crippen LogP contribution in [0.15, 0.2) is 71.4 Å². The maximum Gasteiger partial charge on any atom is 0.252 e. The fourth-order valence-electron chi connectivity index (χ4n) is 4.83. The number of pyridine rings is 1. The van der Waals surface area contributed by atoms with Gasteiger partial charge >= 0.3 is 0 Å². The highest BCUT2D eigenvalue weighted by molar-refractivity contribution is 7.08. The van der Waals surface area contributed by atoms with Crippen molar-refractivity contribution in [2.45, 2.75) is 44.9 Å². The number of hydrogen-bond acceptors (Lipinski definition) is 5. The quantitative estimate of drug-likeness (QED) is 0.300. The number of ether oxygens (including phenoxy) is 1. The fraction of sp³-hybridized carbons (Fsp3) is 0.310. The van der Waals surface area contributed by atoms with Crippen LogP contribution in [0.5, 0.6) is 0 Å². The molecular weight excluding hydrogens is 454 g/mol. The second kappa shape index (κ2) is 11.1. The van der Waals surface area contributed by atoms with Gasteiger partial charge in [0.25, 0.3) is 5.91 Å². The molecule has 0 saturated carbocycles. The molecule has 0 bridgehead atoms. The van der Waals surface area contributed by atoms with Gasteiger partial charge in [-0.1, -0.05) is 55.5 Å². The molecule has 4 aromatic rings. The molecule has 35 heavy (non-hydrogen) atoms. The Morgan fingerprint density at radius 3 is 2.74 bits per heavy atom. The van der Waals surface area contributed by atoms with Crippen molar-refractivity contribution >= 4 is 28.1 Å². The van der Waals surface area contributed by atoms with Gasteiger partial charge in [-0.3, -0.25) is 4.79 Å². The van der Waals surface area contributed by atoms with Gasteiger partial charge in [0.1, 0.15) is 0 Å². The number of carbonyl (C=O) groups excluding carboxylic acids is 1. The Hall–Kier alpha value is -3.06. The summed E-state index contributed by atoms with van der Waals surface area (Å²) < 4.78 is 6.22. The number of thiophene rings is 1. The summed E-state index contributed by atoms with van der Waals surface area (Å²) in [4.78, 5) is 19.0. The predicted octanol–water partition coefficient (Wildman–Crippen LogP) is 6.11. The van der Waals surface area contributed by atoms with E-state index >= 15 is 0 Å². The number of hydrogen-bond donors (Lipinski definition) is 2. The summed E-state index contributed by atoms with van der Waals surface area (Å²) >= 11 is 1.63. The molecule has 2 atom stereocenters. The standard InChI is InChI=1S/C29H31N3O2S/c1-2-25(20-9-4-3-5-10-20)32-29(33)27-23-12-6-7-13-26(23)31-28(21-14-16-35-19-21)24(27)18-34-17-22-11-8-15-30-22/h3-7,9-10,12-14,16,19,22,25,30H,2,8,11,15,17-18H2,1H3,(H,32,33)/t22-,25-/m0/s1. The van der Waals surface area contributed by atoms with Gasteiger partial charge in [-0.25, -0.2) is 4.98 Å². The van der Waals surface area contributed by atoms with E-state index in [1.165, 1.54) is 6.42 Å². The highest BCUT2D eigenvalue weighted by Crippen LogP contribution is 2.33. The largest absolute Gasteiger partial charge is 0.375 e. The van der Waals surface area contributed by atoms with Gasteiger partial charge < -0.3 is 15.4 Å². The van der Waals surface area contributed by atoms with Crippen molar-refractivity contribution in [3.63, 3.8) is 0 Å². The molecule has 2 N–H and O–H groups in total. The Kier molecular flexibility index (Phi) is 7.52. The van der Waals surface area contributed by atoms with E-state index in [1.54, 1.807) is 11.3 Å². The summed E-state index contributed by atoms with van der Waals surface area (Å²) in [6.45, 7) is 4.10. The van der Waals surface area contributed by atoms with E-state index < -0.39 is 0 Å². The molecule has 0 spiro atoms. The first-order valence-corrected chi connectivity index (χ1v) is 13.3. The monoisotopic (exact) mass is 485 g/mol. The van der Waals surface area contributed by atoms with E-state index in [2.05, 4.69) is 41.1 Å². The molecule has 0 unspecified atom stereocenters. The minimum Gasteiger partial charge on any atom is -0.375 e. The van der Waals surface area contributed by atoms with Gasteiger partial charge in [-0.2, -0.15) is 11.3 Å². The number of benzene rings is 2. The van der Waals surface area contributed by atoms with Crippen LogP contribution in [-0.2, 0) is 11.3 Å². The van der Waals surface area contributed by atoms with E-state index in [9.17, 15) is 4.79 Å². The molecule has 1 aliphatic heterocycles. The smallest absolute Gasteiger partial charge is 0.252 e. The number of carbonyl (C=O) groups is 1. The second-order valence-electron chi connectivity index (χ2n) is 9.00. The van der Waals surface area contributed by atoms with Crippen LogP contribution >= 0.6 is 11.3 Å². The molecule has 1 fully saturated rings. The van der Waals surface area contributed by atoms with E-state index in [1.807, 2.05) is 47.8 Å². The molecule has 3 heterocycles. The van der Waals surface area contributed by atoms with Gasteiger partial charge in [0.15, 0.2) is 0 Å². The van der Waals surface area contributed by atoms with E-state index in [-0.39, 0.29) is 11.9 Å². The molecule has 5 rings (SSSR count). The minimum atomic E-state index is -0.0895. The third-order valence-electron chi connectivity index (χ3n) is 6.66. The number of para-hydroxylation sites is 1. The lowest BCUT2D eigenvalue weighted by atomic mass is 9.96. The fourth-order valence-corrected chi connectivity index (χ4v) is 5.47. The molecule has 2 aromatic heterocycles. The van der Waals surface area contributed by atoms with Crippen molar-refractivity contribution in [2.75, 3.05) is 13.2 Å². The summed E-state index contributed by atoms with van der Waals surface area (Å²) in [5.74, 6) is -0.0895. The van der Waals surface area contributed by atoms with Crippen LogP contribution < -0.4 is 10.6 Å². The highest BCUT2D eigenvalue weighted by atomic mass is 32.1. The van der Waals surface area contributed by atoms with Crippen molar-refractivity contribution < 1.29 is 9.53 Å². The van der Waals surface area contributed by atoms with Crippen LogP contribution in [0.2, 0.25) is 0 Å². The second-order valence-corrected chi connectivity index (χ2v) is 9.78. The first-order valence-electron chi connectivity index (χ1n) is 12.4. The highest BCUT2D eigenvalue weighted by Gasteiger charge is 2.24. The van der Waals surface area contributed by atoms with Crippen LogP contribution in [0.25, 0.3) is 22.2 Å². The minimum absolute atomic E-state index is 0.0725. The average molecular weight is 486 g/mol. The Bertz CT molecular complexity index is 1270. The molecule has 0 aliphatic carbocycles. The summed E-state index contributed by atoms with van der Waals surface area (Å²) in [7, 11) is 0. The Labute approximate surface area is 210 Å². The van der Waals surface area contributed by atoms with Gasteiger partial charge in [0.05, 0.1) is 36.0 Å². The summed E-state index contributed by atoms with van der Waals surface area (Å²) in [6, 6.07) is 20.4. The number of nitrogens with one attached hydrogen (secondary N) is 2. The molecule has 5 nitrogen and oxygen atoms in total. The van der Waals surface area contributed by atoms with Crippen molar-refractivity contribution in [1.29, 1.82) is 0 Å². The van der Waals surface area contributed by atoms with E-state index in [0.717, 1.165) is 52.7 Å². The van der Waals surface area contributed by atoms with Crippen molar-refractivity contribution in [3.8, 4) is 11.3 Å². The lowest BCUT2D eigenvalue weighted by molar-refractivity contribution is 0.0910. The zero-order valence-electron chi connectivity index (χ0n) is 20.0. The lowest BCUT2D eigenvalue weighted by Gasteiger charge is -2.21. The maximum absolute atomic E-state index is 14.0. The Morgan fingerprint density at radius 2 is 2.00 bits per heavy atom.